The Hall–Kier alpha value is -1.99. The number of benzene rings is 1. The van der Waals surface area contributed by atoms with Gasteiger partial charge in [0, 0.05) is 19.6 Å². The van der Waals surface area contributed by atoms with Gasteiger partial charge in [0.1, 0.15) is 11.9 Å². The van der Waals surface area contributed by atoms with Gasteiger partial charge in [0.25, 0.3) is 0 Å². The SMILES string of the molecule is Cc1ccc(CN2CC[C@@H](N3CC[C@@H](C4C=CC(OP(=O)(O)O)=CC4)[C@H](F)C3)C2=O)cc1. The molecule has 174 valence electrons. The van der Waals surface area contributed by atoms with Crippen LogP contribution >= 0.6 is 7.82 Å². The van der Waals surface area contributed by atoms with Gasteiger partial charge in [-0.25, -0.2) is 8.96 Å². The van der Waals surface area contributed by atoms with Gasteiger partial charge in [0.05, 0.1) is 6.04 Å². The first-order valence-electron chi connectivity index (χ1n) is 11.1. The minimum Gasteiger partial charge on any atom is -0.405 e. The normalized spacial score (nSPS) is 29.3. The van der Waals surface area contributed by atoms with E-state index in [0.717, 1.165) is 12.0 Å². The molecule has 9 heteroatoms. The Bertz CT molecular complexity index is 944. The van der Waals surface area contributed by atoms with Crippen molar-refractivity contribution in [2.24, 2.45) is 11.8 Å². The van der Waals surface area contributed by atoms with Crippen LogP contribution in [0.3, 0.4) is 0 Å². The zero-order valence-corrected chi connectivity index (χ0v) is 19.0. The molecule has 4 atom stereocenters. The quantitative estimate of drug-likeness (QED) is 0.628. The Kier molecular flexibility index (Phi) is 6.86. The lowest BCUT2D eigenvalue weighted by molar-refractivity contribution is -0.133. The lowest BCUT2D eigenvalue weighted by Crippen LogP contribution is -2.51. The number of likely N-dealkylation sites (tertiary alicyclic amines) is 2. The minimum atomic E-state index is -4.59. The molecule has 0 spiro atoms. The summed E-state index contributed by atoms with van der Waals surface area (Å²) in [6.45, 7) is 4.21. The highest BCUT2D eigenvalue weighted by atomic mass is 31.2. The molecule has 1 aliphatic carbocycles. The highest BCUT2D eigenvalue weighted by molar-refractivity contribution is 7.46. The van der Waals surface area contributed by atoms with E-state index in [4.69, 9.17) is 9.79 Å². The fourth-order valence-electron chi connectivity index (χ4n) is 4.98. The van der Waals surface area contributed by atoms with Gasteiger partial charge in [0.15, 0.2) is 0 Å². The lowest BCUT2D eigenvalue weighted by atomic mass is 9.79. The van der Waals surface area contributed by atoms with Crippen molar-refractivity contribution in [1.29, 1.82) is 0 Å². The lowest BCUT2D eigenvalue weighted by Gasteiger charge is -2.40. The number of piperidine rings is 1. The Morgan fingerprint density at radius 2 is 1.94 bits per heavy atom. The van der Waals surface area contributed by atoms with E-state index in [-0.39, 0.29) is 36.1 Å². The molecule has 2 N–H and O–H groups in total. The third-order valence-corrected chi connectivity index (χ3v) is 7.15. The molecular formula is C23H30FN2O5P. The predicted octanol–water partition coefficient (Wildman–Crippen LogP) is 3.33. The third-order valence-electron chi connectivity index (χ3n) is 6.70. The van der Waals surface area contributed by atoms with Crippen LogP contribution in [0.4, 0.5) is 4.39 Å². The first-order valence-corrected chi connectivity index (χ1v) is 12.6. The van der Waals surface area contributed by atoms with Crippen LogP contribution in [0.2, 0.25) is 0 Å². The van der Waals surface area contributed by atoms with Crippen LogP contribution in [0.25, 0.3) is 0 Å². The number of phosphoric acid groups is 1. The number of nitrogens with zero attached hydrogens (tertiary/aromatic N) is 2. The van der Waals surface area contributed by atoms with Crippen molar-refractivity contribution < 1.29 is 28.1 Å². The molecule has 1 aromatic rings. The number of halogens is 1. The Balaban J connectivity index is 1.30. The summed E-state index contributed by atoms with van der Waals surface area (Å²) in [5.74, 6) is -0.0345. The van der Waals surface area contributed by atoms with Gasteiger partial charge in [-0.15, -0.1) is 0 Å². The van der Waals surface area contributed by atoms with Crippen LogP contribution < -0.4 is 0 Å². The first kappa shape index (κ1) is 23.2. The average Bonchev–Trinajstić information content (AvgIpc) is 3.09. The fraction of sp³-hybridized carbons (Fsp3) is 0.522. The van der Waals surface area contributed by atoms with Crippen molar-refractivity contribution in [2.45, 2.75) is 44.9 Å². The number of hydrogen-bond donors (Lipinski definition) is 2. The average molecular weight is 464 g/mol. The molecule has 2 saturated heterocycles. The number of allylic oxidation sites excluding steroid dienone is 3. The number of alkyl halides is 1. The molecule has 3 aliphatic rings. The molecule has 7 nitrogen and oxygen atoms in total. The van der Waals surface area contributed by atoms with Crippen molar-refractivity contribution in [3.8, 4) is 0 Å². The van der Waals surface area contributed by atoms with Crippen LogP contribution in [0.15, 0.2) is 48.3 Å². The second-order valence-electron chi connectivity index (χ2n) is 8.96. The van der Waals surface area contributed by atoms with Crippen LogP contribution in [0.1, 0.15) is 30.4 Å². The summed E-state index contributed by atoms with van der Waals surface area (Å²) < 4.78 is 30.7. The topological polar surface area (TPSA) is 90.3 Å². The smallest absolute Gasteiger partial charge is 0.405 e. The summed E-state index contributed by atoms with van der Waals surface area (Å²) >= 11 is 0. The van der Waals surface area contributed by atoms with Crippen molar-refractivity contribution in [2.75, 3.05) is 19.6 Å². The Morgan fingerprint density at radius 3 is 2.56 bits per heavy atom. The maximum atomic E-state index is 15.1. The van der Waals surface area contributed by atoms with Gasteiger partial charge in [-0.05, 0) is 62.3 Å². The molecular weight excluding hydrogens is 434 g/mol. The van der Waals surface area contributed by atoms with Gasteiger partial charge in [-0.3, -0.25) is 19.5 Å². The van der Waals surface area contributed by atoms with Crippen molar-refractivity contribution in [3.63, 3.8) is 0 Å². The van der Waals surface area contributed by atoms with Gasteiger partial charge < -0.3 is 9.42 Å². The van der Waals surface area contributed by atoms with E-state index in [1.54, 1.807) is 12.2 Å². The molecule has 32 heavy (non-hydrogen) atoms. The summed E-state index contributed by atoms with van der Waals surface area (Å²) in [4.78, 5) is 34.7. The number of carbonyl (C=O) groups is 1. The zero-order valence-electron chi connectivity index (χ0n) is 18.1. The molecule has 2 aliphatic heterocycles. The molecule has 1 amide bonds. The van der Waals surface area contributed by atoms with Gasteiger partial charge in [0.2, 0.25) is 5.91 Å². The fourth-order valence-corrected chi connectivity index (χ4v) is 5.39. The molecule has 1 unspecified atom stereocenters. The van der Waals surface area contributed by atoms with E-state index in [0.29, 0.717) is 32.5 Å². The summed E-state index contributed by atoms with van der Waals surface area (Å²) in [5, 5.41) is 0. The van der Waals surface area contributed by atoms with E-state index in [1.807, 2.05) is 41.0 Å². The van der Waals surface area contributed by atoms with E-state index < -0.39 is 14.0 Å². The molecule has 0 radical (unpaired) electrons. The minimum absolute atomic E-state index is 0.0476. The van der Waals surface area contributed by atoms with E-state index in [2.05, 4.69) is 4.52 Å². The highest BCUT2D eigenvalue weighted by Crippen LogP contribution is 2.41. The maximum Gasteiger partial charge on any atom is 0.524 e. The molecule has 2 heterocycles. The first-order chi connectivity index (χ1) is 15.2. The number of carbonyl (C=O) groups excluding carboxylic acids is 1. The number of hydrogen-bond acceptors (Lipinski definition) is 4. The largest absolute Gasteiger partial charge is 0.524 e. The monoisotopic (exact) mass is 464 g/mol. The van der Waals surface area contributed by atoms with Crippen LogP contribution in [-0.2, 0) is 20.4 Å². The van der Waals surface area contributed by atoms with E-state index >= 15 is 4.39 Å². The molecule has 4 rings (SSSR count). The number of phosphoric ester groups is 1. The molecule has 0 bridgehead atoms. The molecule has 1 aromatic carbocycles. The van der Waals surface area contributed by atoms with Crippen molar-refractivity contribution in [3.05, 3.63) is 59.4 Å². The third kappa shape index (κ3) is 5.49. The highest BCUT2D eigenvalue weighted by Gasteiger charge is 2.41. The number of amides is 1. The van der Waals surface area contributed by atoms with E-state index in [9.17, 15) is 9.36 Å². The second kappa shape index (κ2) is 9.48. The van der Waals surface area contributed by atoms with Gasteiger partial charge in [-0.2, -0.15) is 0 Å². The van der Waals surface area contributed by atoms with Gasteiger partial charge >= 0.3 is 7.82 Å². The van der Waals surface area contributed by atoms with Crippen LogP contribution in [-0.4, -0.2) is 57.3 Å². The standard InChI is InChI=1S/C23H30FN2O5P/c1-16-2-4-17(5-3-16)14-26-13-11-22(23(26)27)25-12-10-20(21(24)15-25)18-6-8-19(9-7-18)31-32(28,29)30/h2-6,8-9,18,20-22H,7,10-15H2,1H3,(H2,28,29,30)/t18?,20-,21+,22+/m0/s1. The van der Waals surface area contributed by atoms with Crippen LogP contribution in [0, 0.1) is 18.8 Å². The number of aryl methyl sites for hydroxylation is 1. The second-order valence-corrected chi connectivity index (χ2v) is 10.1. The summed E-state index contributed by atoms with van der Waals surface area (Å²) in [6, 6.07) is 7.91. The summed E-state index contributed by atoms with van der Waals surface area (Å²) in [5.41, 5.74) is 2.29. The van der Waals surface area contributed by atoms with Crippen molar-refractivity contribution >= 4 is 13.7 Å². The number of rotatable bonds is 6. The Labute approximate surface area is 187 Å². The maximum absolute atomic E-state index is 15.1. The Morgan fingerprint density at radius 1 is 1.19 bits per heavy atom. The van der Waals surface area contributed by atoms with Crippen LogP contribution in [0.5, 0.6) is 0 Å². The molecule has 2 fully saturated rings. The predicted molar refractivity (Wildman–Crippen MR) is 118 cm³/mol. The van der Waals surface area contributed by atoms with E-state index in [1.165, 1.54) is 11.6 Å². The summed E-state index contributed by atoms with van der Waals surface area (Å²) in [6.07, 6.45) is 5.67. The molecule has 0 saturated carbocycles. The van der Waals surface area contributed by atoms with Gasteiger partial charge in [-0.1, -0.05) is 35.9 Å². The summed E-state index contributed by atoms with van der Waals surface area (Å²) in [7, 11) is -4.59. The molecule has 0 aromatic heterocycles. The van der Waals surface area contributed by atoms with Crippen molar-refractivity contribution in [1.82, 2.24) is 9.80 Å². The zero-order chi connectivity index (χ0) is 22.9.